The number of methoxy groups -OCH3 is 1. The van der Waals surface area contributed by atoms with Crippen LogP contribution in [0.3, 0.4) is 0 Å². The first kappa shape index (κ1) is 27.3. The third-order valence-corrected chi connectivity index (χ3v) is 8.12. The summed E-state index contributed by atoms with van der Waals surface area (Å²) in [6.07, 6.45) is -2.66. The fourth-order valence-corrected chi connectivity index (χ4v) is 6.01. The second-order valence-electron chi connectivity index (χ2n) is 10.8. The first-order chi connectivity index (χ1) is 20.7. The fraction of sp³-hybridized carbons (Fsp3) is 0.314. The standard InChI is InChI=1S/C35H34O7/c1-36-28-19-17-26(18-20-28)23-39-31-33-29(37-21-24-11-5-2-6-12-24)32-30(38-22-25-13-7-3-8-14-25)34(31)42-35(40-32,41-33)27-15-9-4-10-16-27/h2-20,29-34H,21-23H2,1H3/t29?,30?,31?,32?,33-,34+,35?. The van der Waals surface area contributed by atoms with Crippen LogP contribution >= 0.6 is 0 Å². The minimum Gasteiger partial charge on any atom is -0.497 e. The van der Waals surface area contributed by atoms with Gasteiger partial charge in [-0.1, -0.05) is 103 Å². The summed E-state index contributed by atoms with van der Waals surface area (Å²) in [4.78, 5) is 0. The third kappa shape index (κ3) is 5.36. The molecule has 4 aromatic carbocycles. The SMILES string of the molecule is COc1ccc(COC2[C@@H]3OC4(c5ccccc5)OC(C3OCc3ccccc3)C(OCc3ccccc3)[C@@H]2O4)cc1. The summed E-state index contributed by atoms with van der Waals surface area (Å²) in [7, 11) is 1.66. The van der Waals surface area contributed by atoms with Gasteiger partial charge in [0, 0.05) is 5.56 Å². The molecule has 8 rings (SSSR count). The molecule has 0 radical (unpaired) electrons. The summed E-state index contributed by atoms with van der Waals surface area (Å²) in [5.41, 5.74) is 3.94. The molecule has 4 aliphatic rings. The van der Waals surface area contributed by atoms with Crippen molar-refractivity contribution < 1.29 is 33.2 Å². The average Bonchev–Trinajstić information content (AvgIpc) is 3.05. The van der Waals surface area contributed by atoms with Gasteiger partial charge in [0.05, 0.1) is 26.9 Å². The van der Waals surface area contributed by atoms with E-state index in [-0.39, 0.29) is 0 Å². The molecule has 4 bridgehead atoms. The van der Waals surface area contributed by atoms with E-state index in [1.54, 1.807) is 7.11 Å². The molecule has 3 aliphatic heterocycles. The smallest absolute Gasteiger partial charge is 0.313 e. The van der Waals surface area contributed by atoms with Crippen molar-refractivity contribution in [3.8, 4) is 5.75 Å². The summed E-state index contributed by atoms with van der Waals surface area (Å²) in [6.45, 7) is 1.19. The zero-order valence-electron chi connectivity index (χ0n) is 23.4. The molecule has 0 spiro atoms. The van der Waals surface area contributed by atoms with Gasteiger partial charge in [0.1, 0.15) is 42.4 Å². The van der Waals surface area contributed by atoms with Crippen LogP contribution in [0.25, 0.3) is 0 Å². The van der Waals surface area contributed by atoms with E-state index in [0.717, 1.165) is 28.0 Å². The van der Waals surface area contributed by atoms with Crippen LogP contribution in [0, 0.1) is 0 Å². The molecule has 7 heteroatoms. The molecule has 3 saturated heterocycles. The Bertz CT molecular complexity index is 1370. The van der Waals surface area contributed by atoms with Gasteiger partial charge in [-0.05, 0) is 28.8 Å². The predicted octanol–water partition coefficient (Wildman–Crippen LogP) is 5.76. The zero-order valence-corrected chi connectivity index (χ0v) is 23.4. The second kappa shape index (κ2) is 12.0. The second-order valence-corrected chi connectivity index (χ2v) is 10.8. The molecule has 4 aromatic rings. The summed E-state index contributed by atoms with van der Waals surface area (Å²) in [6, 6.07) is 37.9. The van der Waals surface area contributed by atoms with Crippen LogP contribution in [0.15, 0.2) is 115 Å². The van der Waals surface area contributed by atoms with Crippen molar-refractivity contribution in [1.29, 1.82) is 0 Å². The van der Waals surface area contributed by atoms with Gasteiger partial charge in [0.25, 0.3) is 0 Å². The number of rotatable bonds is 11. The quantitative estimate of drug-likeness (QED) is 0.229. The lowest BCUT2D eigenvalue weighted by Gasteiger charge is -2.62. The van der Waals surface area contributed by atoms with Gasteiger partial charge in [0.15, 0.2) is 0 Å². The maximum absolute atomic E-state index is 6.68. The highest BCUT2D eigenvalue weighted by atomic mass is 16.9. The lowest BCUT2D eigenvalue weighted by atomic mass is 9.80. The molecule has 1 saturated carbocycles. The first-order valence-corrected chi connectivity index (χ1v) is 14.4. The van der Waals surface area contributed by atoms with Gasteiger partial charge in [-0.15, -0.1) is 0 Å². The monoisotopic (exact) mass is 566 g/mol. The van der Waals surface area contributed by atoms with E-state index in [1.807, 2.05) is 115 Å². The highest BCUT2D eigenvalue weighted by Gasteiger charge is 2.69. The Morgan fingerprint density at radius 1 is 0.500 bits per heavy atom. The maximum Gasteiger partial charge on any atom is 0.313 e. The number of benzene rings is 4. The summed E-state index contributed by atoms with van der Waals surface area (Å²) in [5.74, 6) is -0.564. The molecule has 3 heterocycles. The van der Waals surface area contributed by atoms with E-state index >= 15 is 0 Å². The van der Waals surface area contributed by atoms with Gasteiger partial charge in [-0.25, -0.2) is 0 Å². The molecule has 7 nitrogen and oxygen atoms in total. The minimum absolute atomic E-state index is 0.370. The lowest BCUT2D eigenvalue weighted by Crippen LogP contribution is -2.78. The fourth-order valence-electron chi connectivity index (χ4n) is 6.01. The summed E-state index contributed by atoms with van der Waals surface area (Å²) in [5, 5.41) is 0. The van der Waals surface area contributed by atoms with Crippen molar-refractivity contribution in [2.24, 2.45) is 0 Å². The van der Waals surface area contributed by atoms with Crippen LogP contribution in [0.2, 0.25) is 0 Å². The third-order valence-electron chi connectivity index (χ3n) is 8.12. The van der Waals surface area contributed by atoms with Crippen LogP contribution in [-0.2, 0) is 54.2 Å². The van der Waals surface area contributed by atoms with Gasteiger partial charge >= 0.3 is 5.97 Å². The van der Waals surface area contributed by atoms with Gasteiger partial charge < -0.3 is 33.2 Å². The zero-order chi connectivity index (χ0) is 28.4. The Hall–Kier alpha value is -3.56. The van der Waals surface area contributed by atoms with E-state index in [1.165, 1.54) is 0 Å². The molecule has 5 unspecified atom stereocenters. The van der Waals surface area contributed by atoms with Gasteiger partial charge in [-0.2, -0.15) is 0 Å². The molecule has 0 N–H and O–H groups in total. The first-order valence-electron chi connectivity index (χ1n) is 14.4. The Balaban J connectivity index is 1.20. The van der Waals surface area contributed by atoms with Crippen LogP contribution in [0.1, 0.15) is 22.3 Å². The molecule has 0 amide bonds. The molecular formula is C35H34O7. The highest BCUT2D eigenvalue weighted by Crippen LogP contribution is 2.52. The van der Waals surface area contributed by atoms with E-state index in [0.29, 0.717) is 19.8 Å². The van der Waals surface area contributed by atoms with Crippen LogP contribution in [0.5, 0.6) is 5.75 Å². The lowest BCUT2D eigenvalue weighted by molar-refractivity contribution is -0.554. The van der Waals surface area contributed by atoms with E-state index in [2.05, 4.69) is 0 Å². The van der Waals surface area contributed by atoms with Crippen molar-refractivity contribution in [2.75, 3.05) is 7.11 Å². The number of hydrogen-bond donors (Lipinski definition) is 0. The van der Waals surface area contributed by atoms with Crippen molar-refractivity contribution in [2.45, 2.75) is 62.4 Å². The molecule has 42 heavy (non-hydrogen) atoms. The van der Waals surface area contributed by atoms with Crippen LogP contribution < -0.4 is 4.74 Å². The minimum atomic E-state index is -1.36. The van der Waals surface area contributed by atoms with Crippen molar-refractivity contribution in [1.82, 2.24) is 0 Å². The Morgan fingerprint density at radius 2 is 0.881 bits per heavy atom. The molecule has 4 fully saturated rings. The van der Waals surface area contributed by atoms with Crippen LogP contribution in [-0.4, -0.2) is 43.7 Å². The average molecular weight is 567 g/mol. The number of ether oxygens (including phenoxy) is 7. The summed E-state index contributed by atoms with van der Waals surface area (Å²) >= 11 is 0. The van der Waals surface area contributed by atoms with E-state index < -0.39 is 42.6 Å². The Morgan fingerprint density at radius 3 is 1.29 bits per heavy atom. The summed E-state index contributed by atoms with van der Waals surface area (Å²) < 4.78 is 45.2. The molecule has 0 aromatic heterocycles. The van der Waals surface area contributed by atoms with E-state index in [9.17, 15) is 0 Å². The van der Waals surface area contributed by atoms with Gasteiger partial charge in [0.2, 0.25) is 0 Å². The van der Waals surface area contributed by atoms with Gasteiger partial charge in [-0.3, -0.25) is 0 Å². The van der Waals surface area contributed by atoms with Crippen molar-refractivity contribution in [3.05, 3.63) is 138 Å². The number of hydrogen-bond acceptors (Lipinski definition) is 7. The molecule has 7 atom stereocenters. The molecule has 1 aliphatic carbocycles. The highest BCUT2D eigenvalue weighted by molar-refractivity contribution is 5.27. The Labute approximate surface area is 245 Å². The van der Waals surface area contributed by atoms with Crippen molar-refractivity contribution >= 4 is 0 Å². The predicted molar refractivity (Wildman–Crippen MR) is 154 cm³/mol. The normalized spacial score (nSPS) is 29.5. The Kier molecular flexibility index (Phi) is 7.78. The van der Waals surface area contributed by atoms with Crippen LogP contribution in [0.4, 0.5) is 0 Å². The molecule has 216 valence electrons. The van der Waals surface area contributed by atoms with E-state index in [4.69, 9.17) is 33.2 Å². The largest absolute Gasteiger partial charge is 0.497 e. The van der Waals surface area contributed by atoms with Crippen molar-refractivity contribution in [3.63, 3.8) is 0 Å². The molecular weight excluding hydrogens is 532 g/mol. The topological polar surface area (TPSA) is 64.6 Å². The maximum atomic E-state index is 6.68.